The molecule has 0 amide bonds. The van der Waals surface area contributed by atoms with E-state index in [1.165, 1.54) is 6.20 Å². The van der Waals surface area contributed by atoms with Gasteiger partial charge in [0.15, 0.2) is 6.19 Å². The van der Waals surface area contributed by atoms with E-state index in [2.05, 4.69) is 43.9 Å². The molecule has 1 atom stereocenters. The van der Waals surface area contributed by atoms with Gasteiger partial charge in [-0.15, -0.1) is 0 Å². The number of nitrogens with zero attached hydrogens (tertiary/aromatic N) is 6. The molecule has 1 fully saturated rings. The normalized spacial score (nSPS) is 17.1. The van der Waals surface area contributed by atoms with E-state index in [0.717, 1.165) is 22.4 Å². The number of aromatic nitrogens is 3. The van der Waals surface area contributed by atoms with Crippen molar-refractivity contribution in [1.29, 1.82) is 5.26 Å². The van der Waals surface area contributed by atoms with Crippen LogP contribution in [0.5, 0.6) is 0 Å². The highest BCUT2D eigenvalue weighted by Gasteiger charge is 2.32. The minimum atomic E-state index is -0.362. The van der Waals surface area contributed by atoms with E-state index in [4.69, 9.17) is 4.99 Å². The SMILES string of the molecule is CC(C)C1CN(c2ccnc(=O)[nH]2)CCN1C(=Nc1cccc2ncccc12)NC#N. The van der Waals surface area contributed by atoms with Crippen molar-refractivity contribution in [3.63, 3.8) is 0 Å². The molecule has 0 bridgehead atoms. The second kappa shape index (κ2) is 8.83. The van der Waals surface area contributed by atoms with Crippen molar-refractivity contribution in [1.82, 2.24) is 25.2 Å². The van der Waals surface area contributed by atoms with Gasteiger partial charge in [0, 0.05) is 37.4 Å². The Kier molecular flexibility index (Phi) is 5.80. The summed E-state index contributed by atoms with van der Waals surface area (Å²) in [6.45, 7) is 6.28. The number of guanidine groups is 1. The zero-order chi connectivity index (χ0) is 21.8. The molecule has 2 N–H and O–H groups in total. The summed E-state index contributed by atoms with van der Waals surface area (Å²) >= 11 is 0. The minimum absolute atomic E-state index is 0.0816. The Balaban J connectivity index is 1.68. The van der Waals surface area contributed by atoms with Crippen LogP contribution in [0.15, 0.2) is 58.6 Å². The van der Waals surface area contributed by atoms with Gasteiger partial charge >= 0.3 is 5.69 Å². The number of benzene rings is 1. The Morgan fingerprint density at radius 2 is 2.10 bits per heavy atom. The van der Waals surface area contributed by atoms with Gasteiger partial charge in [0.2, 0.25) is 5.96 Å². The number of aliphatic imine (C=N–C) groups is 1. The predicted octanol–water partition coefficient (Wildman–Crippen LogP) is 2.22. The maximum Gasteiger partial charge on any atom is 0.346 e. The summed E-state index contributed by atoms with van der Waals surface area (Å²) in [5.41, 5.74) is 1.25. The van der Waals surface area contributed by atoms with Crippen LogP contribution in [0.3, 0.4) is 0 Å². The quantitative estimate of drug-likeness (QED) is 0.291. The highest BCUT2D eigenvalue weighted by molar-refractivity contribution is 5.94. The second-order valence-electron chi connectivity index (χ2n) is 7.73. The third-order valence-corrected chi connectivity index (χ3v) is 5.48. The molecule has 0 saturated carbocycles. The molecular weight excluding hydrogens is 392 g/mol. The fourth-order valence-corrected chi connectivity index (χ4v) is 3.92. The summed E-state index contributed by atoms with van der Waals surface area (Å²) < 4.78 is 0. The number of nitrogens with one attached hydrogen (secondary N) is 2. The van der Waals surface area contributed by atoms with E-state index in [-0.39, 0.29) is 17.6 Å². The molecule has 1 aliphatic heterocycles. The van der Waals surface area contributed by atoms with Crippen LogP contribution < -0.4 is 15.9 Å². The van der Waals surface area contributed by atoms with E-state index in [0.29, 0.717) is 25.6 Å². The summed E-state index contributed by atoms with van der Waals surface area (Å²) in [5, 5.41) is 13.1. The lowest BCUT2D eigenvalue weighted by molar-refractivity contribution is 0.220. The highest BCUT2D eigenvalue weighted by atomic mass is 16.1. The van der Waals surface area contributed by atoms with Crippen molar-refractivity contribution in [3.8, 4) is 6.19 Å². The maximum atomic E-state index is 11.6. The number of hydrogen-bond donors (Lipinski definition) is 2. The first-order valence-electron chi connectivity index (χ1n) is 10.2. The zero-order valence-electron chi connectivity index (χ0n) is 17.5. The highest BCUT2D eigenvalue weighted by Crippen LogP contribution is 2.26. The Morgan fingerprint density at radius 3 is 2.87 bits per heavy atom. The smallest absolute Gasteiger partial charge is 0.346 e. The summed E-state index contributed by atoms with van der Waals surface area (Å²) in [7, 11) is 0. The van der Waals surface area contributed by atoms with Crippen LogP contribution in [0.1, 0.15) is 13.8 Å². The van der Waals surface area contributed by atoms with Crippen molar-refractivity contribution in [3.05, 3.63) is 59.3 Å². The van der Waals surface area contributed by atoms with E-state index in [1.54, 1.807) is 12.3 Å². The number of piperazine rings is 1. The lowest BCUT2D eigenvalue weighted by Gasteiger charge is -2.44. The lowest BCUT2D eigenvalue weighted by atomic mass is 9.99. The second-order valence-corrected chi connectivity index (χ2v) is 7.73. The molecule has 1 saturated heterocycles. The average molecular weight is 416 g/mol. The van der Waals surface area contributed by atoms with Crippen LogP contribution >= 0.6 is 0 Å². The topological polar surface area (TPSA) is 113 Å². The van der Waals surface area contributed by atoms with Crippen molar-refractivity contribution >= 4 is 28.4 Å². The number of H-pyrrole nitrogens is 1. The van der Waals surface area contributed by atoms with Crippen LogP contribution in [0.2, 0.25) is 0 Å². The largest absolute Gasteiger partial charge is 0.354 e. The molecular formula is C22H24N8O. The van der Waals surface area contributed by atoms with Gasteiger partial charge in [0.25, 0.3) is 0 Å². The lowest BCUT2D eigenvalue weighted by Crippen LogP contribution is -2.59. The third-order valence-electron chi connectivity index (χ3n) is 5.48. The number of aromatic amines is 1. The van der Waals surface area contributed by atoms with E-state index < -0.39 is 0 Å². The summed E-state index contributed by atoms with van der Waals surface area (Å²) in [6, 6.07) is 11.5. The molecule has 1 unspecified atom stereocenters. The maximum absolute atomic E-state index is 11.6. The fraction of sp³-hybridized carbons (Fsp3) is 0.318. The molecule has 158 valence electrons. The van der Waals surface area contributed by atoms with Crippen LogP contribution in [0.25, 0.3) is 10.9 Å². The molecule has 4 rings (SSSR count). The molecule has 2 aromatic heterocycles. The van der Waals surface area contributed by atoms with E-state index in [9.17, 15) is 10.1 Å². The number of hydrogen-bond acceptors (Lipinski definition) is 6. The van der Waals surface area contributed by atoms with E-state index >= 15 is 0 Å². The molecule has 3 heterocycles. The zero-order valence-corrected chi connectivity index (χ0v) is 17.5. The standard InChI is InChI=1S/C22H24N8O/c1-15(2)19-13-29(20-8-10-25-22(31)28-20)11-12-30(19)21(26-14-23)27-18-7-3-6-17-16(18)5-4-9-24-17/h3-10,15,19H,11-13H2,1-2H3,(H,26,27)(H,25,28,31). The van der Waals surface area contributed by atoms with Crippen LogP contribution in [0.4, 0.5) is 11.5 Å². The fourth-order valence-electron chi connectivity index (χ4n) is 3.92. The summed E-state index contributed by atoms with van der Waals surface area (Å²) in [4.78, 5) is 31.6. The van der Waals surface area contributed by atoms with Gasteiger partial charge in [-0.3, -0.25) is 15.3 Å². The Hall–Kier alpha value is -3.93. The molecule has 1 aromatic carbocycles. The Bertz CT molecular complexity index is 1190. The molecule has 0 aliphatic carbocycles. The van der Waals surface area contributed by atoms with Crippen molar-refractivity contribution in [2.24, 2.45) is 10.9 Å². The molecule has 3 aromatic rings. The molecule has 9 nitrogen and oxygen atoms in total. The minimum Gasteiger partial charge on any atom is -0.354 e. The number of rotatable bonds is 3. The van der Waals surface area contributed by atoms with Crippen LogP contribution in [0, 0.1) is 17.4 Å². The monoisotopic (exact) mass is 416 g/mol. The van der Waals surface area contributed by atoms with E-state index in [1.807, 2.05) is 36.5 Å². The van der Waals surface area contributed by atoms with Gasteiger partial charge in [0.05, 0.1) is 17.2 Å². The van der Waals surface area contributed by atoms with Gasteiger partial charge in [0.1, 0.15) is 5.82 Å². The third kappa shape index (κ3) is 4.33. The number of nitriles is 1. The molecule has 31 heavy (non-hydrogen) atoms. The number of fused-ring (bicyclic) bond motifs is 1. The average Bonchev–Trinajstić information content (AvgIpc) is 2.78. The van der Waals surface area contributed by atoms with Crippen molar-refractivity contribution in [2.45, 2.75) is 19.9 Å². The Morgan fingerprint density at radius 1 is 1.23 bits per heavy atom. The molecule has 0 radical (unpaired) electrons. The first kappa shape index (κ1) is 20.3. The number of pyridine rings is 1. The van der Waals surface area contributed by atoms with Crippen LogP contribution in [-0.4, -0.2) is 51.5 Å². The van der Waals surface area contributed by atoms with Crippen LogP contribution in [-0.2, 0) is 0 Å². The van der Waals surface area contributed by atoms with Crippen molar-refractivity contribution < 1.29 is 0 Å². The first-order valence-corrected chi connectivity index (χ1v) is 10.2. The first-order chi connectivity index (χ1) is 15.1. The van der Waals surface area contributed by atoms with Crippen molar-refractivity contribution in [2.75, 3.05) is 24.5 Å². The molecule has 9 heteroatoms. The molecule has 1 aliphatic rings. The van der Waals surface area contributed by atoms with Gasteiger partial charge in [-0.25, -0.2) is 14.8 Å². The number of anilines is 1. The van der Waals surface area contributed by atoms with Gasteiger partial charge < -0.3 is 9.80 Å². The van der Waals surface area contributed by atoms with Gasteiger partial charge in [-0.05, 0) is 36.2 Å². The van der Waals surface area contributed by atoms with Gasteiger partial charge in [-0.2, -0.15) is 5.26 Å². The summed E-state index contributed by atoms with van der Waals surface area (Å²) in [5.74, 6) is 1.55. The van der Waals surface area contributed by atoms with Gasteiger partial charge in [-0.1, -0.05) is 19.9 Å². The Labute approximate surface area is 180 Å². The molecule has 0 spiro atoms. The predicted molar refractivity (Wildman–Crippen MR) is 120 cm³/mol. The summed E-state index contributed by atoms with van der Waals surface area (Å²) in [6.07, 6.45) is 5.30.